The summed E-state index contributed by atoms with van der Waals surface area (Å²) in [5.74, 6) is -3.54. The summed E-state index contributed by atoms with van der Waals surface area (Å²) in [5, 5.41) is 4.78. The number of alkyl carbamates (subject to hydrolysis) is 1. The van der Waals surface area contributed by atoms with Gasteiger partial charge in [0.05, 0.1) is 7.11 Å². The second-order valence-corrected chi connectivity index (χ2v) is 9.55. The Bertz CT molecular complexity index is 770. The number of carbonyl (C=O) groups is 3. The quantitative estimate of drug-likeness (QED) is 0.438. The molecule has 0 aromatic heterocycles. The van der Waals surface area contributed by atoms with E-state index in [0.29, 0.717) is 0 Å². The highest BCUT2D eigenvalue weighted by Crippen LogP contribution is 2.50. The van der Waals surface area contributed by atoms with Crippen molar-refractivity contribution in [3.8, 4) is 0 Å². The number of benzene rings is 1. The van der Waals surface area contributed by atoms with E-state index in [4.69, 9.17) is 13.8 Å². The topological polar surface area (TPSA) is 129 Å². The fourth-order valence-electron chi connectivity index (χ4n) is 2.41. The van der Waals surface area contributed by atoms with Gasteiger partial charge in [-0.2, -0.15) is 0 Å². The van der Waals surface area contributed by atoms with E-state index in [1.165, 1.54) is 0 Å². The van der Waals surface area contributed by atoms with Gasteiger partial charge in [-0.25, -0.2) is 9.59 Å². The number of ether oxygens (including phenoxy) is 2. The highest BCUT2D eigenvalue weighted by molar-refractivity contribution is 7.55. The molecule has 0 aliphatic rings. The standard InChI is InChI=1S/C19H29N2O8P/c1-19(2,3)29-18(24)20-14(12-13-10-8-7-9-11-13)15(22)21-16(17(23)26-4)30(25,27-5)28-6/h7-11,14,16H,12H2,1-6H3,(H,20,24)(H,21,22)/t14-,16?/m0/s1. The maximum absolute atomic E-state index is 12.9. The summed E-state index contributed by atoms with van der Waals surface area (Å²) in [6.07, 6.45) is -0.737. The molecule has 11 heteroatoms. The third-order valence-corrected chi connectivity index (χ3v) is 5.81. The zero-order valence-electron chi connectivity index (χ0n) is 18.0. The van der Waals surface area contributed by atoms with Crippen LogP contribution >= 0.6 is 7.60 Å². The zero-order chi connectivity index (χ0) is 22.9. The van der Waals surface area contributed by atoms with E-state index in [0.717, 1.165) is 26.9 Å². The van der Waals surface area contributed by atoms with Crippen molar-refractivity contribution in [2.45, 2.75) is 44.6 Å². The van der Waals surface area contributed by atoms with Gasteiger partial charge in [-0.05, 0) is 26.3 Å². The Hall–Kier alpha value is -2.42. The fourth-order valence-corrected chi connectivity index (χ4v) is 3.63. The molecule has 0 saturated heterocycles. The second-order valence-electron chi connectivity index (χ2n) is 7.23. The maximum Gasteiger partial charge on any atom is 0.408 e. The van der Waals surface area contributed by atoms with E-state index in [1.54, 1.807) is 51.1 Å². The predicted molar refractivity (Wildman–Crippen MR) is 109 cm³/mol. The van der Waals surface area contributed by atoms with Gasteiger partial charge in [-0.15, -0.1) is 0 Å². The molecule has 10 nitrogen and oxygen atoms in total. The number of nitrogens with one attached hydrogen (secondary N) is 2. The van der Waals surface area contributed by atoms with Crippen LogP contribution in [0.4, 0.5) is 4.79 Å². The number of hydrogen-bond acceptors (Lipinski definition) is 8. The monoisotopic (exact) mass is 444 g/mol. The van der Waals surface area contributed by atoms with Crippen molar-refractivity contribution in [3.63, 3.8) is 0 Å². The normalized spacial score (nSPS) is 13.7. The predicted octanol–water partition coefficient (Wildman–Crippen LogP) is 2.22. The molecule has 1 aromatic carbocycles. The Morgan fingerprint density at radius 2 is 1.57 bits per heavy atom. The minimum absolute atomic E-state index is 0.0874. The van der Waals surface area contributed by atoms with Crippen LogP contribution in [0, 0.1) is 0 Å². The van der Waals surface area contributed by atoms with Crippen LogP contribution in [0.15, 0.2) is 30.3 Å². The molecule has 2 N–H and O–H groups in total. The van der Waals surface area contributed by atoms with E-state index in [1.807, 2.05) is 0 Å². The first-order chi connectivity index (χ1) is 14.0. The van der Waals surface area contributed by atoms with E-state index >= 15 is 0 Å². The first kappa shape index (κ1) is 25.6. The molecule has 1 unspecified atom stereocenters. The number of amides is 2. The number of methoxy groups -OCH3 is 1. The van der Waals surface area contributed by atoms with Crippen molar-refractivity contribution in [2.24, 2.45) is 0 Å². The van der Waals surface area contributed by atoms with Crippen LogP contribution in [0.1, 0.15) is 26.3 Å². The molecule has 2 amide bonds. The van der Waals surface area contributed by atoms with Crippen LogP contribution in [0.5, 0.6) is 0 Å². The molecule has 30 heavy (non-hydrogen) atoms. The molecule has 0 saturated carbocycles. The summed E-state index contributed by atoms with van der Waals surface area (Å²) in [4.78, 5) is 37.3. The van der Waals surface area contributed by atoms with E-state index in [-0.39, 0.29) is 6.42 Å². The van der Waals surface area contributed by atoms with E-state index in [2.05, 4.69) is 15.4 Å². The Labute approximate surface area is 176 Å². The van der Waals surface area contributed by atoms with Crippen LogP contribution in [0.25, 0.3) is 0 Å². The van der Waals surface area contributed by atoms with Crippen molar-refractivity contribution >= 4 is 25.6 Å². The second kappa shape index (κ2) is 11.1. The van der Waals surface area contributed by atoms with Gasteiger partial charge in [-0.3, -0.25) is 9.36 Å². The molecule has 0 spiro atoms. The molecular formula is C19H29N2O8P. The summed E-state index contributed by atoms with van der Waals surface area (Å²) in [6, 6.07) is 7.75. The van der Waals surface area contributed by atoms with Crippen LogP contribution in [0.2, 0.25) is 0 Å². The van der Waals surface area contributed by atoms with Gasteiger partial charge in [-0.1, -0.05) is 30.3 Å². The fraction of sp³-hybridized carbons (Fsp3) is 0.526. The van der Waals surface area contributed by atoms with Crippen LogP contribution in [-0.2, 0) is 39.1 Å². The van der Waals surface area contributed by atoms with Gasteiger partial charge < -0.3 is 29.2 Å². The van der Waals surface area contributed by atoms with Crippen molar-refractivity contribution < 1.29 is 37.5 Å². The lowest BCUT2D eigenvalue weighted by molar-refractivity contribution is -0.143. The van der Waals surface area contributed by atoms with Crippen LogP contribution in [0.3, 0.4) is 0 Å². The summed E-state index contributed by atoms with van der Waals surface area (Å²) >= 11 is 0. The molecule has 0 fully saturated rings. The highest BCUT2D eigenvalue weighted by Gasteiger charge is 2.43. The molecule has 168 valence electrons. The summed E-state index contributed by atoms with van der Waals surface area (Å²) in [5.41, 5.74) is -0.0428. The number of rotatable bonds is 9. The largest absolute Gasteiger partial charge is 0.467 e. The Balaban J connectivity index is 3.13. The van der Waals surface area contributed by atoms with Gasteiger partial charge in [0.2, 0.25) is 11.7 Å². The Morgan fingerprint density at radius 3 is 2.03 bits per heavy atom. The van der Waals surface area contributed by atoms with Gasteiger partial charge in [0.15, 0.2) is 0 Å². The molecule has 1 aromatic rings. The van der Waals surface area contributed by atoms with Gasteiger partial charge in [0.1, 0.15) is 11.6 Å². The molecule has 1 rings (SSSR count). The zero-order valence-corrected chi connectivity index (χ0v) is 18.9. The molecular weight excluding hydrogens is 415 g/mol. The first-order valence-electron chi connectivity index (χ1n) is 9.08. The van der Waals surface area contributed by atoms with Crippen molar-refractivity contribution in [2.75, 3.05) is 21.3 Å². The number of hydrogen-bond donors (Lipinski definition) is 2. The summed E-state index contributed by atoms with van der Waals surface area (Å²) < 4.78 is 32.2. The van der Waals surface area contributed by atoms with E-state index in [9.17, 15) is 18.9 Å². The minimum Gasteiger partial charge on any atom is -0.467 e. The van der Waals surface area contributed by atoms with Gasteiger partial charge in [0, 0.05) is 20.6 Å². The lowest BCUT2D eigenvalue weighted by atomic mass is 10.1. The summed E-state index contributed by atoms with van der Waals surface area (Å²) in [7, 11) is -0.839. The first-order valence-corrected chi connectivity index (χ1v) is 10.7. The summed E-state index contributed by atoms with van der Waals surface area (Å²) in [6.45, 7) is 5.04. The van der Waals surface area contributed by atoms with E-state index < -0.39 is 43.0 Å². The molecule has 0 heterocycles. The van der Waals surface area contributed by atoms with Crippen molar-refractivity contribution in [1.82, 2.24) is 10.6 Å². The van der Waals surface area contributed by atoms with Crippen LogP contribution in [-0.4, -0.2) is 56.7 Å². The highest BCUT2D eigenvalue weighted by atomic mass is 31.2. The molecule has 0 aliphatic carbocycles. The smallest absolute Gasteiger partial charge is 0.408 e. The molecule has 0 bridgehead atoms. The Kier molecular flexibility index (Phi) is 9.48. The van der Waals surface area contributed by atoms with Gasteiger partial charge >= 0.3 is 19.7 Å². The maximum atomic E-state index is 12.9. The number of esters is 1. The molecule has 0 radical (unpaired) electrons. The average Bonchev–Trinajstić information content (AvgIpc) is 2.69. The minimum atomic E-state index is -4.06. The molecule has 2 atom stereocenters. The van der Waals surface area contributed by atoms with Crippen molar-refractivity contribution in [1.29, 1.82) is 0 Å². The average molecular weight is 444 g/mol. The van der Waals surface area contributed by atoms with Crippen molar-refractivity contribution in [3.05, 3.63) is 35.9 Å². The van der Waals surface area contributed by atoms with Gasteiger partial charge in [0.25, 0.3) is 0 Å². The SMILES string of the molecule is COC(=O)C(NC(=O)[C@H](Cc1ccccc1)NC(=O)OC(C)(C)C)P(=O)(OC)OC. The third-order valence-electron chi connectivity index (χ3n) is 3.82. The molecule has 0 aliphatic heterocycles. The lowest BCUT2D eigenvalue weighted by Crippen LogP contribution is -2.53. The Morgan fingerprint density at radius 1 is 1.00 bits per heavy atom. The van der Waals surface area contributed by atoms with Crippen LogP contribution < -0.4 is 10.6 Å². The number of carbonyl (C=O) groups excluding carboxylic acids is 3. The lowest BCUT2D eigenvalue weighted by Gasteiger charge is -2.26. The third kappa shape index (κ3) is 7.78.